The predicted molar refractivity (Wildman–Crippen MR) is 68.6 cm³/mol. The van der Waals surface area contributed by atoms with Gasteiger partial charge < -0.3 is 10.3 Å². The van der Waals surface area contributed by atoms with Crippen molar-refractivity contribution in [2.45, 2.75) is 32.4 Å². The zero-order chi connectivity index (χ0) is 13.6. The van der Waals surface area contributed by atoms with Gasteiger partial charge in [0, 0.05) is 36.3 Å². The van der Waals surface area contributed by atoms with E-state index in [4.69, 9.17) is 5.73 Å². The Labute approximate surface area is 110 Å². The first kappa shape index (κ1) is 12.3. The molecule has 3 rings (SSSR count). The van der Waals surface area contributed by atoms with Crippen molar-refractivity contribution in [2.75, 3.05) is 0 Å². The van der Waals surface area contributed by atoms with Crippen molar-refractivity contribution >= 4 is 0 Å². The van der Waals surface area contributed by atoms with E-state index in [1.165, 1.54) is 12.1 Å². The zero-order valence-corrected chi connectivity index (χ0v) is 10.7. The zero-order valence-electron chi connectivity index (χ0n) is 10.7. The molecule has 1 aromatic carbocycles. The minimum atomic E-state index is -0.588. The van der Waals surface area contributed by atoms with Gasteiger partial charge in [-0.1, -0.05) is 0 Å². The van der Waals surface area contributed by atoms with Gasteiger partial charge in [-0.25, -0.2) is 13.8 Å². The lowest BCUT2D eigenvalue weighted by molar-refractivity contribution is 0.465. The molecule has 1 unspecified atom stereocenters. The number of halogens is 2. The smallest absolute Gasteiger partial charge is 0.126 e. The summed E-state index contributed by atoms with van der Waals surface area (Å²) in [5.41, 5.74) is 8.07. The first-order chi connectivity index (χ1) is 9.04. The molecule has 0 amide bonds. The maximum atomic E-state index is 13.3. The Morgan fingerprint density at radius 2 is 1.95 bits per heavy atom. The van der Waals surface area contributed by atoms with Crippen LogP contribution in [0, 0.1) is 18.6 Å². The molecule has 100 valence electrons. The van der Waals surface area contributed by atoms with Gasteiger partial charge in [0.1, 0.15) is 17.5 Å². The molecule has 1 aromatic heterocycles. The summed E-state index contributed by atoms with van der Waals surface area (Å²) < 4.78 is 28.7. The summed E-state index contributed by atoms with van der Waals surface area (Å²) in [7, 11) is 0. The van der Waals surface area contributed by atoms with Crippen LogP contribution in [-0.4, -0.2) is 15.6 Å². The Hall–Kier alpha value is -1.75. The molecule has 5 heteroatoms. The van der Waals surface area contributed by atoms with E-state index in [1.807, 2.05) is 6.92 Å². The third-order valence-electron chi connectivity index (χ3n) is 3.58. The van der Waals surface area contributed by atoms with Crippen molar-refractivity contribution in [3.05, 3.63) is 41.4 Å². The van der Waals surface area contributed by atoms with Crippen molar-refractivity contribution in [3.8, 4) is 11.3 Å². The number of benzene rings is 1. The monoisotopic (exact) mass is 263 g/mol. The normalized spacial score (nSPS) is 18.4. The highest BCUT2D eigenvalue weighted by Crippen LogP contribution is 2.29. The van der Waals surface area contributed by atoms with E-state index in [2.05, 4.69) is 9.55 Å². The fourth-order valence-electron chi connectivity index (χ4n) is 2.68. The number of nitrogens with zero attached hydrogens (tertiary/aromatic N) is 2. The summed E-state index contributed by atoms with van der Waals surface area (Å²) in [6, 6.07) is 3.57. The molecule has 0 spiro atoms. The summed E-state index contributed by atoms with van der Waals surface area (Å²) in [4.78, 5) is 4.45. The van der Waals surface area contributed by atoms with Gasteiger partial charge in [0.15, 0.2) is 0 Å². The summed E-state index contributed by atoms with van der Waals surface area (Å²) in [5, 5.41) is 0. The van der Waals surface area contributed by atoms with Crippen LogP contribution >= 0.6 is 0 Å². The molecular weight excluding hydrogens is 248 g/mol. The average molecular weight is 263 g/mol. The van der Waals surface area contributed by atoms with Crippen molar-refractivity contribution < 1.29 is 8.78 Å². The van der Waals surface area contributed by atoms with Crippen molar-refractivity contribution in [2.24, 2.45) is 5.73 Å². The molecule has 2 aromatic rings. The maximum Gasteiger partial charge on any atom is 0.126 e. The first-order valence-electron chi connectivity index (χ1n) is 6.32. The minimum Gasteiger partial charge on any atom is -0.332 e. The lowest BCUT2D eigenvalue weighted by Gasteiger charge is -2.22. The largest absolute Gasteiger partial charge is 0.332 e. The van der Waals surface area contributed by atoms with Gasteiger partial charge in [0.2, 0.25) is 0 Å². The number of nitrogens with two attached hydrogens (primary N) is 1. The number of fused-ring (bicyclic) bond motifs is 1. The average Bonchev–Trinajstić information content (AvgIpc) is 2.65. The quantitative estimate of drug-likeness (QED) is 0.858. The molecule has 0 bridgehead atoms. The Morgan fingerprint density at radius 1 is 1.26 bits per heavy atom. The SMILES string of the molecule is Cc1nc(-c2cc(F)cc(F)c2)c2n1CCC(N)C2. The van der Waals surface area contributed by atoms with E-state index in [1.54, 1.807) is 0 Å². The van der Waals surface area contributed by atoms with Gasteiger partial charge >= 0.3 is 0 Å². The second-order valence-corrected chi connectivity index (χ2v) is 5.02. The third kappa shape index (κ3) is 2.14. The van der Waals surface area contributed by atoms with Crippen LogP contribution in [0.15, 0.2) is 18.2 Å². The van der Waals surface area contributed by atoms with Gasteiger partial charge in [-0.3, -0.25) is 0 Å². The number of hydrogen-bond acceptors (Lipinski definition) is 2. The maximum absolute atomic E-state index is 13.3. The number of imidazole rings is 1. The molecule has 2 heterocycles. The molecule has 0 saturated carbocycles. The Balaban J connectivity index is 2.15. The lowest BCUT2D eigenvalue weighted by Crippen LogP contribution is -2.31. The topological polar surface area (TPSA) is 43.8 Å². The fraction of sp³-hybridized carbons (Fsp3) is 0.357. The van der Waals surface area contributed by atoms with Crippen LogP contribution in [0.1, 0.15) is 17.9 Å². The highest BCUT2D eigenvalue weighted by molar-refractivity contribution is 5.63. The van der Waals surface area contributed by atoms with Crippen molar-refractivity contribution in [1.82, 2.24) is 9.55 Å². The van der Waals surface area contributed by atoms with Crippen molar-refractivity contribution in [1.29, 1.82) is 0 Å². The highest BCUT2D eigenvalue weighted by atomic mass is 19.1. The van der Waals surface area contributed by atoms with Crippen LogP contribution in [0.4, 0.5) is 8.78 Å². The van der Waals surface area contributed by atoms with Crippen LogP contribution in [0.2, 0.25) is 0 Å². The molecule has 19 heavy (non-hydrogen) atoms. The van der Waals surface area contributed by atoms with Crippen LogP contribution < -0.4 is 5.73 Å². The number of hydrogen-bond donors (Lipinski definition) is 1. The van der Waals surface area contributed by atoms with Crippen LogP contribution in [0.3, 0.4) is 0 Å². The number of rotatable bonds is 1. The second kappa shape index (κ2) is 4.42. The van der Waals surface area contributed by atoms with E-state index < -0.39 is 11.6 Å². The second-order valence-electron chi connectivity index (χ2n) is 5.02. The van der Waals surface area contributed by atoms with Gasteiger partial charge in [0.25, 0.3) is 0 Å². The Kier molecular flexibility index (Phi) is 2.86. The van der Waals surface area contributed by atoms with Gasteiger partial charge in [-0.15, -0.1) is 0 Å². The minimum absolute atomic E-state index is 0.0840. The Bertz CT molecular complexity index is 614. The summed E-state index contributed by atoms with van der Waals surface area (Å²) in [6.45, 7) is 2.71. The predicted octanol–water partition coefficient (Wildman–Crippen LogP) is 2.41. The van der Waals surface area contributed by atoms with Gasteiger partial charge in [-0.05, 0) is 25.5 Å². The summed E-state index contributed by atoms with van der Waals surface area (Å²) in [5.74, 6) is -0.314. The van der Waals surface area contributed by atoms with E-state index in [0.29, 0.717) is 17.7 Å². The lowest BCUT2D eigenvalue weighted by atomic mass is 10.0. The van der Waals surface area contributed by atoms with Crippen LogP contribution in [0.25, 0.3) is 11.3 Å². The molecule has 0 radical (unpaired) electrons. The summed E-state index contributed by atoms with van der Waals surface area (Å²) >= 11 is 0. The van der Waals surface area contributed by atoms with Crippen molar-refractivity contribution in [3.63, 3.8) is 0 Å². The summed E-state index contributed by atoms with van der Waals surface area (Å²) in [6.07, 6.45) is 1.59. The van der Waals surface area contributed by atoms with E-state index in [0.717, 1.165) is 30.6 Å². The van der Waals surface area contributed by atoms with E-state index in [9.17, 15) is 8.78 Å². The number of aromatic nitrogens is 2. The molecule has 0 fully saturated rings. The first-order valence-corrected chi connectivity index (χ1v) is 6.32. The molecule has 0 aliphatic carbocycles. The highest BCUT2D eigenvalue weighted by Gasteiger charge is 2.23. The molecule has 1 atom stereocenters. The Morgan fingerprint density at radius 3 is 2.63 bits per heavy atom. The van der Waals surface area contributed by atoms with Gasteiger partial charge in [-0.2, -0.15) is 0 Å². The molecule has 3 nitrogen and oxygen atoms in total. The van der Waals surface area contributed by atoms with E-state index >= 15 is 0 Å². The molecule has 1 aliphatic heterocycles. The molecule has 0 saturated heterocycles. The molecular formula is C14H15F2N3. The standard InChI is InChI=1S/C14H15F2N3/c1-8-18-14(9-4-10(15)6-11(16)5-9)13-7-12(17)2-3-19(8)13/h4-6,12H,2-3,7,17H2,1H3. The van der Waals surface area contributed by atoms with E-state index in [-0.39, 0.29) is 6.04 Å². The van der Waals surface area contributed by atoms with Gasteiger partial charge in [0.05, 0.1) is 5.69 Å². The fourth-order valence-corrected chi connectivity index (χ4v) is 2.68. The molecule has 1 aliphatic rings. The number of aryl methyl sites for hydroxylation is 1. The van der Waals surface area contributed by atoms with Crippen LogP contribution in [0.5, 0.6) is 0 Å². The van der Waals surface area contributed by atoms with Crippen LogP contribution in [-0.2, 0) is 13.0 Å². The third-order valence-corrected chi connectivity index (χ3v) is 3.58. The molecule has 2 N–H and O–H groups in total.